The number of methoxy groups -OCH3 is 3. The SMILES string of the molecule is CCOC(=O)CC1OC(C2(C)C=CC(C)=CC2OC)c2cc(Cl)ccc2N(Cc2ccc(OC)cc2OC)C1=O. The van der Waals surface area contributed by atoms with Gasteiger partial charge in [-0.1, -0.05) is 42.3 Å². The zero-order chi connectivity index (χ0) is 29.0. The van der Waals surface area contributed by atoms with Crippen LogP contribution in [0.1, 0.15) is 44.4 Å². The van der Waals surface area contributed by atoms with Gasteiger partial charge in [0.1, 0.15) is 17.6 Å². The molecule has 0 N–H and O–H groups in total. The number of ether oxygens (including phenoxy) is 5. The van der Waals surface area contributed by atoms with E-state index in [-0.39, 0.29) is 31.6 Å². The number of benzene rings is 2. The first-order valence-electron chi connectivity index (χ1n) is 13.2. The minimum atomic E-state index is -1.12. The summed E-state index contributed by atoms with van der Waals surface area (Å²) < 4.78 is 28.7. The van der Waals surface area contributed by atoms with E-state index >= 15 is 0 Å². The zero-order valence-electron chi connectivity index (χ0n) is 23.7. The molecular formula is C31H36ClNO7. The molecule has 0 saturated heterocycles. The molecule has 2 aromatic rings. The van der Waals surface area contributed by atoms with Crippen molar-refractivity contribution in [2.45, 2.75) is 52.0 Å². The van der Waals surface area contributed by atoms with Gasteiger partial charge >= 0.3 is 5.97 Å². The number of fused-ring (bicyclic) bond motifs is 1. The van der Waals surface area contributed by atoms with Gasteiger partial charge in [-0.3, -0.25) is 9.59 Å². The van der Waals surface area contributed by atoms with Crippen LogP contribution in [0.2, 0.25) is 5.02 Å². The summed E-state index contributed by atoms with van der Waals surface area (Å²) in [5, 5.41) is 0.495. The maximum Gasteiger partial charge on any atom is 0.308 e. The molecule has 0 bridgehead atoms. The average molecular weight is 570 g/mol. The van der Waals surface area contributed by atoms with E-state index in [0.29, 0.717) is 27.8 Å². The fraction of sp³-hybridized carbons (Fsp3) is 0.419. The van der Waals surface area contributed by atoms with Crippen molar-refractivity contribution in [1.82, 2.24) is 0 Å². The third-order valence-electron chi connectivity index (χ3n) is 7.44. The predicted molar refractivity (Wildman–Crippen MR) is 153 cm³/mol. The van der Waals surface area contributed by atoms with Gasteiger partial charge in [-0.15, -0.1) is 0 Å². The molecule has 0 radical (unpaired) electrons. The Morgan fingerprint density at radius 3 is 2.58 bits per heavy atom. The van der Waals surface area contributed by atoms with Crippen molar-refractivity contribution in [2.24, 2.45) is 5.41 Å². The van der Waals surface area contributed by atoms with Crippen molar-refractivity contribution in [2.75, 3.05) is 32.8 Å². The van der Waals surface area contributed by atoms with Crippen LogP contribution >= 0.6 is 11.6 Å². The van der Waals surface area contributed by atoms with E-state index in [0.717, 1.165) is 11.1 Å². The van der Waals surface area contributed by atoms with Crippen molar-refractivity contribution >= 4 is 29.2 Å². The first-order chi connectivity index (χ1) is 19.1. The molecular weight excluding hydrogens is 534 g/mol. The number of hydrogen-bond donors (Lipinski definition) is 0. The number of carbonyl (C=O) groups excluding carboxylic acids is 2. The first-order valence-corrected chi connectivity index (χ1v) is 13.6. The largest absolute Gasteiger partial charge is 0.497 e. The van der Waals surface area contributed by atoms with Crippen LogP contribution < -0.4 is 14.4 Å². The number of halogens is 1. The van der Waals surface area contributed by atoms with Crippen molar-refractivity contribution < 1.29 is 33.3 Å². The molecule has 1 aliphatic heterocycles. The van der Waals surface area contributed by atoms with E-state index in [2.05, 4.69) is 0 Å². The molecule has 0 aromatic heterocycles. The number of anilines is 1. The Bertz CT molecular complexity index is 1320. The number of carbonyl (C=O) groups is 2. The number of rotatable bonds is 9. The number of amides is 1. The summed E-state index contributed by atoms with van der Waals surface area (Å²) in [6.07, 6.45) is 3.68. The Balaban J connectivity index is 1.88. The monoisotopic (exact) mass is 569 g/mol. The molecule has 4 rings (SSSR count). The summed E-state index contributed by atoms with van der Waals surface area (Å²) >= 11 is 6.53. The Morgan fingerprint density at radius 1 is 1.12 bits per heavy atom. The highest BCUT2D eigenvalue weighted by Gasteiger charge is 2.48. The van der Waals surface area contributed by atoms with Crippen LogP contribution in [-0.2, 0) is 30.3 Å². The van der Waals surface area contributed by atoms with Gasteiger partial charge in [-0.2, -0.15) is 0 Å². The van der Waals surface area contributed by atoms with Crippen molar-refractivity contribution in [1.29, 1.82) is 0 Å². The van der Waals surface area contributed by atoms with Gasteiger partial charge in [0.25, 0.3) is 5.91 Å². The second-order valence-corrected chi connectivity index (χ2v) is 10.5. The van der Waals surface area contributed by atoms with Gasteiger partial charge in [0.15, 0.2) is 0 Å². The molecule has 9 heteroatoms. The lowest BCUT2D eigenvalue weighted by atomic mass is 9.72. The normalized spacial score (nSPS) is 24.2. The summed E-state index contributed by atoms with van der Waals surface area (Å²) in [4.78, 5) is 28.5. The highest BCUT2D eigenvalue weighted by atomic mass is 35.5. The molecule has 4 atom stereocenters. The van der Waals surface area contributed by atoms with E-state index in [1.165, 1.54) is 0 Å². The molecule has 40 heavy (non-hydrogen) atoms. The highest BCUT2D eigenvalue weighted by Crippen LogP contribution is 2.50. The van der Waals surface area contributed by atoms with E-state index in [1.807, 2.05) is 56.3 Å². The number of nitrogens with zero attached hydrogens (tertiary/aromatic N) is 1. The molecule has 0 fully saturated rings. The molecule has 0 spiro atoms. The molecule has 1 amide bonds. The van der Waals surface area contributed by atoms with Crippen LogP contribution in [0.25, 0.3) is 0 Å². The second-order valence-electron chi connectivity index (χ2n) is 10.1. The Morgan fingerprint density at radius 2 is 1.90 bits per heavy atom. The van der Waals surface area contributed by atoms with Gasteiger partial charge in [0.05, 0.1) is 51.7 Å². The molecule has 2 aliphatic rings. The standard InChI is InChI=1S/C31H36ClNO7/c1-7-39-28(34)17-26-30(35)33(18-20-8-10-22(36-4)16-25(20)37-5)24-11-9-21(32)15-23(24)29(40-26)31(3)13-12-19(2)14-27(31)38-6/h8-16,26-27,29H,7,17-18H2,1-6H3. The highest BCUT2D eigenvalue weighted by molar-refractivity contribution is 6.30. The Hall–Kier alpha value is -3.33. The van der Waals surface area contributed by atoms with Gasteiger partial charge in [-0.25, -0.2) is 0 Å². The lowest BCUT2D eigenvalue weighted by Crippen LogP contribution is -2.43. The molecule has 2 aromatic carbocycles. The van der Waals surface area contributed by atoms with Gasteiger partial charge in [-0.05, 0) is 44.2 Å². The average Bonchev–Trinajstić information content (AvgIpc) is 3.05. The first kappa shape index (κ1) is 29.6. The number of esters is 1. The molecule has 0 saturated carbocycles. The molecule has 4 unspecified atom stereocenters. The summed E-state index contributed by atoms with van der Waals surface area (Å²) in [6, 6.07) is 10.8. The minimum absolute atomic E-state index is 0.162. The number of hydrogen-bond acceptors (Lipinski definition) is 7. The fourth-order valence-electron chi connectivity index (χ4n) is 5.31. The second kappa shape index (κ2) is 12.5. The van der Waals surface area contributed by atoms with Crippen LogP contribution in [0.3, 0.4) is 0 Å². The van der Waals surface area contributed by atoms with Crippen LogP contribution in [0.15, 0.2) is 60.2 Å². The maximum atomic E-state index is 14.2. The van der Waals surface area contributed by atoms with E-state index in [9.17, 15) is 9.59 Å². The lowest BCUT2D eigenvalue weighted by molar-refractivity contribution is -0.158. The van der Waals surface area contributed by atoms with E-state index in [1.54, 1.807) is 45.3 Å². The van der Waals surface area contributed by atoms with Crippen molar-refractivity contribution in [3.05, 3.63) is 76.3 Å². The van der Waals surface area contributed by atoms with Gasteiger partial charge < -0.3 is 28.6 Å². The summed E-state index contributed by atoms with van der Waals surface area (Å²) in [7, 11) is 4.79. The summed E-state index contributed by atoms with van der Waals surface area (Å²) in [5.41, 5.74) is 2.41. The van der Waals surface area contributed by atoms with Crippen molar-refractivity contribution in [3.63, 3.8) is 0 Å². The van der Waals surface area contributed by atoms with Crippen molar-refractivity contribution in [3.8, 4) is 11.5 Å². The molecule has 8 nitrogen and oxygen atoms in total. The predicted octanol–water partition coefficient (Wildman–Crippen LogP) is 5.82. The molecule has 1 aliphatic carbocycles. The summed E-state index contributed by atoms with van der Waals surface area (Å²) in [5.74, 6) is 0.299. The third kappa shape index (κ3) is 5.89. The Kier molecular flexibility index (Phi) is 9.23. The molecule has 214 valence electrons. The Labute approximate surface area is 240 Å². The van der Waals surface area contributed by atoms with Crippen LogP contribution in [0, 0.1) is 5.41 Å². The summed E-state index contributed by atoms with van der Waals surface area (Å²) in [6.45, 7) is 6.10. The zero-order valence-corrected chi connectivity index (χ0v) is 24.5. The lowest BCUT2D eigenvalue weighted by Gasteiger charge is -2.42. The van der Waals surface area contributed by atoms with Crippen LogP contribution in [-0.4, -0.2) is 52.0 Å². The topological polar surface area (TPSA) is 83.5 Å². The van der Waals surface area contributed by atoms with Crippen LogP contribution in [0.5, 0.6) is 11.5 Å². The quantitative estimate of drug-likeness (QED) is 0.352. The van der Waals surface area contributed by atoms with E-state index in [4.69, 9.17) is 35.3 Å². The fourth-order valence-corrected chi connectivity index (χ4v) is 5.49. The smallest absolute Gasteiger partial charge is 0.308 e. The van der Waals surface area contributed by atoms with Crippen LogP contribution in [0.4, 0.5) is 5.69 Å². The van der Waals surface area contributed by atoms with E-state index < -0.39 is 23.6 Å². The molecule has 1 heterocycles. The maximum absolute atomic E-state index is 14.2. The number of allylic oxidation sites excluding steroid dienone is 2. The van der Waals surface area contributed by atoms with Gasteiger partial charge in [0.2, 0.25) is 0 Å². The van der Waals surface area contributed by atoms with Gasteiger partial charge in [0, 0.05) is 34.7 Å². The third-order valence-corrected chi connectivity index (χ3v) is 7.67. The minimum Gasteiger partial charge on any atom is -0.497 e.